The lowest BCUT2D eigenvalue weighted by Crippen LogP contribution is -2.36. The normalized spacial score (nSPS) is 26.6. The van der Waals surface area contributed by atoms with Gasteiger partial charge in [0.1, 0.15) is 0 Å². The van der Waals surface area contributed by atoms with Crippen molar-refractivity contribution < 1.29 is 18.0 Å². The number of amides is 1. The highest BCUT2D eigenvalue weighted by molar-refractivity contribution is 5.85. The number of halogens is 4. The smallest absolute Gasteiger partial charge is 0.352 e. The van der Waals surface area contributed by atoms with E-state index in [-0.39, 0.29) is 47.7 Å². The first-order valence-corrected chi connectivity index (χ1v) is 9.00. The highest BCUT2D eigenvalue weighted by Gasteiger charge is 2.46. The summed E-state index contributed by atoms with van der Waals surface area (Å²) in [4.78, 5) is 12.7. The van der Waals surface area contributed by atoms with Crippen LogP contribution in [0, 0.1) is 5.92 Å². The summed E-state index contributed by atoms with van der Waals surface area (Å²) in [7, 11) is 1.83. The molecule has 2 N–H and O–H groups in total. The van der Waals surface area contributed by atoms with E-state index in [1.54, 1.807) is 16.9 Å². The largest absolute Gasteiger partial charge is 0.416 e. The topological polar surface area (TPSA) is 59.0 Å². The Hall–Kier alpha value is -2.06. The molecule has 1 amide bonds. The van der Waals surface area contributed by atoms with Gasteiger partial charge in [0, 0.05) is 44.2 Å². The molecule has 0 radical (unpaired) electrons. The minimum absolute atomic E-state index is 0. The number of hydrogen-bond acceptors (Lipinski definition) is 3. The molecule has 5 nitrogen and oxygen atoms in total. The first-order chi connectivity index (χ1) is 12.8. The van der Waals surface area contributed by atoms with Crippen LogP contribution in [0.3, 0.4) is 0 Å². The van der Waals surface area contributed by atoms with E-state index in [9.17, 15) is 18.0 Å². The van der Waals surface area contributed by atoms with Gasteiger partial charge < -0.3 is 10.6 Å². The van der Waals surface area contributed by atoms with E-state index >= 15 is 0 Å². The van der Waals surface area contributed by atoms with E-state index in [2.05, 4.69) is 15.7 Å². The number of alkyl halides is 3. The van der Waals surface area contributed by atoms with Crippen LogP contribution in [-0.2, 0) is 18.0 Å². The van der Waals surface area contributed by atoms with E-state index in [1.165, 1.54) is 12.1 Å². The van der Waals surface area contributed by atoms with Gasteiger partial charge in [-0.2, -0.15) is 18.3 Å². The van der Waals surface area contributed by atoms with Gasteiger partial charge in [-0.25, -0.2) is 0 Å². The Kier molecular flexibility index (Phi) is 5.72. The summed E-state index contributed by atoms with van der Waals surface area (Å²) >= 11 is 0. The highest BCUT2D eigenvalue weighted by Crippen LogP contribution is 2.46. The van der Waals surface area contributed by atoms with E-state index in [4.69, 9.17) is 0 Å². The van der Waals surface area contributed by atoms with Crippen LogP contribution in [0.2, 0.25) is 0 Å². The van der Waals surface area contributed by atoms with E-state index in [0.29, 0.717) is 19.5 Å². The van der Waals surface area contributed by atoms with Crippen LogP contribution in [0.4, 0.5) is 13.2 Å². The Morgan fingerprint density at radius 1 is 1.25 bits per heavy atom. The average molecular weight is 415 g/mol. The van der Waals surface area contributed by atoms with Crippen molar-refractivity contribution in [3.05, 3.63) is 53.3 Å². The number of hydrogen-bond donors (Lipinski definition) is 2. The number of rotatable bonds is 4. The minimum atomic E-state index is -4.38. The monoisotopic (exact) mass is 414 g/mol. The van der Waals surface area contributed by atoms with Crippen LogP contribution < -0.4 is 10.6 Å². The van der Waals surface area contributed by atoms with Crippen molar-refractivity contribution >= 4 is 18.3 Å². The van der Waals surface area contributed by atoms with Crippen LogP contribution >= 0.6 is 12.4 Å². The lowest BCUT2D eigenvalue weighted by molar-refractivity contribution is -0.138. The molecule has 2 aliphatic rings. The zero-order chi connectivity index (χ0) is 19.2. The molecular weight excluding hydrogens is 393 g/mol. The fourth-order valence-electron chi connectivity index (χ4n) is 4.00. The van der Waals surface area contributed by atoms with Gasteiger partial charge in [-0.1, -0.05) is 18.2 Å². The maximum Gasteiger partial charge on any atom is 0.416 e. The summed E-state index contributed by atoms with van der Waals surface area (Å²) in [5, 5.41) is 10.3. The molecule has 1 aromatic heterocycles. The molecule has 0 spiro atoms. The number of aromatic nitrogens is 2. The summed E-state index contributed by atoms with van der Waals surface area (Å²) in [6.45, 7) is 1.25. The maximum absolute atomic E-state index is 13.2. The van der Waals surface area contributed by atoms with Gasteiger partial charge in [-0.15, -0.1) is 12.4 Å². The quantitative estimate of drug-likeness (QED) is 0.808. The van der Waals surface area contributed by atoms with Gasteiger partial charge in [0.25, 0.3) is 0 Å². The van der Waals surface area contributed by atoms with Crippen molar-refractivity contribution in [2.45, 2.75) is 30.5 Å². The standard InChI is InChI=1S/C19H21F3N4O.ClH/c1-26-10-11(7-24-26)14-8-23-9-15(14)18(27)25-17-6-13(17)12-4-2-3-5-16(12)19(20,21)22;/h2-5,7,10,13-15,17,23H,6,8-9H2,1H3,(H,25,27);1H/t13?,14-,15+,17?;/m1./s1. The summed E-state index contributed by atoms with van der Waals surface area (Å²) in [5.41, 5.74) is 0.656. The highest BCUT2D eigenvalue weighted by atomic mass is 35.5. The molecule has 9 heteroatoms. The van der Waals surface area contributed by atoms with Gasteiger partial charge in [0.05, 0.1) is 17.7 Å². The van der Waals surface area contributed by atoms with Crippen molar-refractivity contribution in [2.75, 3.05) is 13.1 Å². The Bertz CT molecular complexity index is 854. The number of nitrogens with zero attached hydrogens (tertiary/aromatic N) is 2. The lowest BCUT2D eigenvalue weighted by atomic mass is 9.90. The molecule has 1 saturated carbocycles. The van der Waals surface area contributed by atoms with Gasteiger partial charge in [-0.05, 0) is 23.6 Å². The molecule has 28 heavy (non-hydrogen) atoms. The molecule has 1 aromatic carbocycles. The van der Waals surface area contributed by atoms with Crippen LogP contribution in [0.15, 0.2) is 36.7 Å². The van der Waals surface area contributed by atoms with Crippen molar-refractivity contribution in [3.8, 4) is 0 Å². The third kappa shape index (κ3) is 4.03. The fourth-order valence-corrected chi connectivity index (χ4v) is 4.00. The fraction of sp³-hybridized carbons (Fsp3) is 0.474. The predicted molar refractivity (Wildman–Crippen MR) is 100 cm³/mol. The van der Waals surface area contributed by atoms with Gasteiger partial charge in [-0.3, -0.25) is 9.48 Å². The third-order valence-electron chi connectivity index (χ3n) is 5.49. The SMILES string of the molecule is Cl.Cn1cc([C@H]2CNC[C@@H]2C(=O)NC2CC2c2ccccc2C(F)(F)F)cn1. The number of aryl methyl sites for hydroxylation is 1. The second-order valence-corrected chi connectivity index (χ2v) is 7.36. The summed E-state index contributed by atoms with van der Waals surface area (Å²) in [6, 6.07) is 5.38. The zero-order valence-electron chi connectivity index (χ0n) is 15.2. The predicted octanol–water partition coefficient (Wildman–Crippen LogP) is 2.84. The molecular formula is C19H22ClF3N4O. The van der Waals surface area contributed by atoms with Crippen molar-refractivity contribution in [3.63, 3.8) is 0 Å². The lowest BCUT2D eigenvalue weighted by Gasteiger charge is -2.17. The summed E-state index contributed by atoms with van der Waals surface area (Å²) in [6.07, 6.45) is -0.181. The summed E-state index contributed by atoms with van der Waals surface area (Å²) in [5.74, 6) is -0.601. The maximum atomic E-state index is 13.2. The molecule has 2 unspecified atom stereocenters. The van der Waals surface area contributed by atoms with E-state index in [0.717, 1.165) is 11.6 Å². The molecule has 2 heterocycles. The number of nitrogens with one attached hydrogen (secondary N) is 2. The van der Waals surface area contributed by atoms with E-state index < -0.39 is 11.7 Å². The first-order valence-electron chi connectivity index (χ1n) is 9.00. The van der Waals surface area contributed by atoms with Gasteiger partial charge in [0.15, 0.2) is 0 Å². The summed E-state index contributed by atoms with van der Waals surface area (Å²) < 4.78 is 41.3. The molecule has 4 atom stereocenters. The van der Waals surface area contributed by atoms with E-state index in [1.807, 2.05) is 13.2 Å². The molecule has 2 fully saturated rings. The van der Waals surface area contributed by atoms with Crippen LogP contribution in [0.5, 0.6) is 0 Å². The number of benzene rings is 1. The minimum Gasteiger partial charge on any atom is -0.352 e. The van der Waals surface area contributed by atoms with Crippen molar-refractivity contribution in [1.82, 2.24) is 20.4 Å². The van der Waals surface area contributed by atoms with Crippen LogP contribution in [0.25, 0.3) is 0 Å². The Morgan fingerprint density at radius 2 is 2.00 bits per heavy atom. The molecule has 2 aromatic rings. The Balaban J connectivity index is 0.00000225. The number of carbonyl (C=O) groups excluding carboxylic acids is 1. The second-order valence-electron chi connectivity index (χ2n) is 7.36. The Labute approximate surface area is 167 Å². The van der Waals surface area contributed by atoms with Crippen molar-refractivity contribution in [1.29, 1.82) is 0 Å². The molecule has 4 rings (SSSR count). The van der Waals surface area contributed by atoms with Gasteiger partial charge in [0.2, 0.25) is 5.91 Å². The first kappa shape index (κ1) is 20.7. The van der Waals surface area contributed by atoms with Crippen LogP contribution in [-0.4, -0.2) is 34.8 Å². The van der Waals surface area contributed by atoms with Gasteiger partial charge >= 0.3 is 6.18 Å². The van der Waals surface area contributed by atoms with Crippen molar-refractivity contribution in [2.24, 2.45) is 13.0 Å². The molecule has 0 bridgehead atoms. The van der Waals surface area contributed by atoms with Crippen LogP contribution in [0.1, 0.15) is 34.9 Å². The molecule has 1 aliphatic carbocycles. The third-order valence-corrected chi connectivity index (χ3v) is 5.49. The Morgan fingerprint density at radius 3 is 2.68 bits per heavy atom. The molecule has 1 aliphatic heterocycles. The second kappa shape index (κ2) is 7.75. The molecule has 152 valence electrons. The molecule has 1 saturated heterocycles. The average Bonchev–Trinajstić information content (AvgIpc) is 3.02. The number of carbonyl (C=O) groups is 1. The zero-order valence-corrected chi connectivity index (χ0v) is 16.1.